The molecule has 0 aromatic heterocycles. The molecule has 0 aliphatic carbocycles. The highest BCUT2D eigenvalue weighted by Crippen LogP contribution is 2.17. The van der Waals surface area contributed by atoms with Crippen molar-refractivity contribution in [2.24, 2.45) is 0 Å². The minimum Gasteiger partial charge on any atom is -0.482 e. The summed E-state index contributed by atoms with van der Waals surface area (Å²) in [5.74, 6) is -0.445. The predicted molar refractivity (Wildman–Crippen MR) is 91.0 cm³/mol. The van der Waals surface area contributed by atoms with Crippen LogP contribution in [0, 0.1) is 25.2 Å². The molecular weight excluding hydrogens is 342 g/mol. The van der Waals surface area contributed by atoms with Crippen LogP contribution in [0.3, 0.4) is 0 Å². The molecule has 0 fully saturated rings. The smallest absolute Gasteiger partial charge is 0.272 e. The number of rotatable bonds is 6. The lowest BCUT2D eigenvalue weighted by Crippen LogP contribution is -2.43. The third-order valence-corrected chi connectivity index (χ3v) is 4.71. The number of benzene rings is 2. The van der Waals surface area contributed by atoms with Crippen LogP contribution in [0.4, 0.5) is 0 Å². The number of hydrogen-bond acceptors (Lipinski definition) is 5. The first-order valence-corrected chi connectivity index (χ1v) is 8.81. The molecule has 0 saturated heterocycles. The van der Waals surface area contributed by atoms with Crippen LogP contribution in [0.1, 0.15) is 16.7 Å². The second-order valence-electron chi connectivity index (χ2n) is 5.32. The number of sulfonamides is 1. The number of nitriles is 1. The van der Waals surface area contributed by atoms with Gasteiger partial charge in [0, 0.05) is 0 Å². The van der Waals surface area contributed by atoms with Gasteiger partial charge in [-0.05, 0) is 43.2 Å². The Labute approximate surface area is 146 Å². The van der Waals surface area contributed by atoms with Crippen molar-refractivity contribution >= 4 is 15.9 Å². The first-order valence-electron chi connectivity index (χ1n) is 7.33. The van der Waals surface area contributed by atoms with Crippen molar-refractivity contribution in [3.63, 3.8) is 0 Å². The highest BCUT2D eigenvalue weighted by Gasteiger charge is 2.18. The number of amides is 1. The molecule has 25 heavy (non-hydrogen) atoms. The molecule has 0 bridgehead atoms. The van der Waals surface area contributed by atoms with Crippen molar-refractivity contribution in [2.45, 2.75) is 18.7 Å². The van der Waals surface area contributed by atoms with Gasteiger partial charge in [0.25, 0.3) is 15.9 Å². The maximum absolute atomic E-state index is 12.3. The molecular formula is C17H17N3O4S. The zero-order valence-corrected chi connectivity index (χ0v) is 14.6. The number of hydrazine groups is 1. The molecule has 1 amide bonds. The number of ether oxygens (including phenoxy) is 1. The number of aryl methyl sites for hydroxylation is 2. The van der Waals surface area contributed by atoms with E-state index in [9.17, 15) is 13.2 Å². The average molecular weight is 359 g/mol. The zero-order valence-electron chi connectivity index (χ0n) is 13.7. The van der Waals surface area contributed by atoms with Gasteiger partial charge in [0.2, 0.25) is 0 Å². The minimum absolute atomic E-state index is 0.0866. The lowest BCUT2D eigenvalue weighted by atomic mass is 10.2. The lowest BCUT2D eigenvalue weighted by Gasteiger charge is -2.12. The second-order valence-corrected chi connectivity index (χ2v) is 6.97. The summed E-state index contributed by atoms with van der Waals surface area (Å²) in [6.45, 7) is 3.00. The number of nitrogens with zero attached hydrogens (tertiary/aromatic N) is 1. The van der Waals surface area contributed by atoms with Crippen LogP contribution >= 0.6 is 0 Å². The standard InChI is InChI=1S/C17H17N3O4S/c1-12-7-8-13(2)16(9-12)25(22,23)20-19-17(21)11-24-15-6-4-3-5-14(15)10-18/h3-9,20H,11H2,1-2H3,(H,19,21). The Hall–Kier alpha value is -2.89. The summed E-state index contributed by atoms with van der Waals surface area (Å²) in [6, 6.07) is 13.4. The molecule has 8 heteroatoms. The van der Waals surface area contributed by atoms with Gasteiger partial charge in [-0.1, -0.05) is 24.3 Å². The molecule has 2 aromatic rings. The van der Waals surface area contributed by atoms with Gasteiger partial charge in [0.1, 0.15) is 11.8 Å². The summed E-state index contributed by atoms with van der Waals surface area (Å²) in [5, 5.41) is 8.95. The summed E-state index contributed by atoms with van der Waals surface area (Å²) < 4.78 is 29.8. The molecule has 0 atom stereocenters. The van der Waals surface area contributed by atoms with Gasteiger partial charge >= 0.3 is 0 Å². The fourth-order valence-corrected chi connectivity index (χ4v) is 3.23. The third kappa shape index (κ3) is 4.79. The Morgan fingerprint density at radius 3 is 2.64 bits per heavy atom. The Morgan fingerprint density at radius 2 is 1.92 bits per heavy atom. The number of para-hydroxylation sites is 1. The van der Waals surface area contributed by atoms with Crippen molar-refractivity contribution in [2.75, 3.05) is 6.61 Å². The molecule has 0 saturated carbocycles. The Balaban J connectivity index is 1.97. The SMILES string of the molecule is Cc1ccc(C)c(S(=O)(=O)NNC(=O)COc2ccccc2C#N)c1. The summed E-state index contributed by atoms with van der Waals surface area (Å²) in [5.41, 5.74) is 3.72. The average Bonchev–Trinajstić information content (AvgIpc) is 2.60. The van der Waals surface area contributed by atoms with Crippen LogP contribution in [-0.2, 0) is 14.8 Å². The van der Waals surface area contributed by atoms with E-state index >= 15 is 0 Å². The van der Waals surface area contributed by atoms with E-state index < -0.39 is 22.5 Å². The third-order valence-electron chi connectivity index (χ3n) is 3.32. The van der Waals surface area contributed by atoms with Gasteiger partial charge in [0.05, 0.1) is 10.5 Å². The van der Waals surface area contributed by atoms with E-state index in [0.717, 1.165) is 5.56 Å². The van der Waals surface area contributed by atoms with Crippen LogP contribution in [0.2, 0.25) is 0 Å². The van der Waals surface area contributed by atoms with E-state index in [1.807, 2.05) is 10.9 Å². The molecule has 2 rings (SSSR count). The van der Waals surface area contributed by atoms with Gasteiger partial charge in [-0.2, -0.15) is 5.26 Å². The van der Waals surface area contributed by atoms with Crippen LogP contribution in [0.15, 0.2) is 47.4 Å². The quantitative estimate of drug-likeness (QED) is 0.761. The summed E-state index contributed by atoms with van der Waals surface area (Å²) in [6.07, 6.45) is 0. The Morgan fingerprint density at radius 1 is 1.20 bits per heavy atom. The molecule has 2 aromatic carbocycles. The summed E-state index contributed by atoms with van der Waals surface area (Å²) in [7, 11) is -3.89. The summed E-state index contributed by atoms with van der Waals surface area (Å²) in [4.78, 5) is 13.9. The van der Waals surface area contributed by atoms with Crippen LogP contribution in [0.25, 0.3) is 0 Å². The van der Waals surface area contributed by atoms with E-state index in [2.05, 4.69) is 5.43 Å². The minimum atomic E-state index is -3.89. The topological polar surface area (TPSA) is 108 Å². The van der Waals surface area contributed by atoms with Crippen molar-refractivity contribution in [3.8, 4) is 11.8 Å². The van der Waals surface area contributed by atoms with Crippen LogP contribution in [-0.4, -0.2) is 20.9 Å². The van der Waals surface area contributed by atoms with Crippen LogP contribution in [0.5, 0.6) is 5.75 Å². The monoisotopic (exact) mass is 359 g/mol. The zero-order chi connectivity index (χ0) is 18.4. The van der Waals surface area contributed by atoms with E-state index in [-0.39, 0.29) is 16.2 Å². The number of hydrogen-bond donors (Lipinski definition) is 2. The fourth-order valence-electron chi connectivity index (χ4n) is 2.04. The number of carbonyl (C=O) groups excluding carboxylic acids is 1. The number of carbonyl (C=O) groups is 1. The van der Waals surface area contributed by atoms with Crippen molar-refractivity contribution in [1.29, 1.82) is 5.26 Å². The second kappa shape index (κ2) is 7.79. The molecule has 2 N–H and O–H groups in total. The van der Waals surface area contributed by atoms with Crippen molar-refractivity contribution in [3.05, 3.63) is 59.2 Å². The molecule has 0 spiro atoms. The first kappa shape index (κ1) is 18.4. The first-order chi connectivity index (χ1) is 11.8. The van der Waals surface area contributed by atoms with E-state index in [1.54, 1.807) is 50.2 Å². The maximum Gasteiger partial charge on any atom is 0.272 e. The van der Waals surface area contributed by atoms with Gasteiger partial charge in [-0.25, -0.2) is 8.42 Å². The largest absolute Gasteiger partial charge is 0.482 e. The van der Waals surface area contributed by atoms with Gasteiger partial charge in [0.15, 0.2) is 6.61 Å². The molecule has 0 aliphatic heterocycles. The van der Waals surface area contributed by atoms with E-state index in [0.29, 0.717) is 5.56 Å². The fraction of sp³-hybridized carbons (Fsp3) is 0.176. The normalized spacial score (nSPS) is 10.8. The molecule has 7 nitrogen and oxygen atoms in total. The predicted octanol–water partition coefficient (Wildman–Crippen LogP) is 1.56. The highest BCUT2D eigenvalue weighted by molar-refractivity contribution is 7.89. The molecule has 0 aliphatic rings. The van der Waals surface area contributed by atoms with Gasteiger partial charge in [-0.15, -0.1) is 4.83 Å². The van der Waals surface area contributed by atoms with Crippen LogP contribution < -0.4 is 15.0 Å². The number of nitrogens with one attached hydrogen (secondary N) is 2. The molecule has 0 radical (unpaired) electrons. The maximum atomic E-state index is 12.3. The summed E-state index contributed by atoms with van der Waals surface area (Å²) >= 11 is 0. The lowest BCUT2D eigenvalue weighted by molar-refractivity contribution is -0.123. The van der Waals surface area contributed by atoms with Gasteiger partial charge in [-0.3, -0.25) is 10.2 Å². The molecule has 0 heterocycles. The Bertz CT molecular complexity index is 933. The van der Waals surface area contributed by atoms with E-state index in [1.165, 1.54) is 6.07 Å². The molecule has 130 valence electrons. The van der Waals surface area contributed by atoms with Crippen molar-refractivity contribution in [1.82, 2.24) is 10.3 Å². The van der Waals surface area contributed by atoms with Crippen molar-refractivity contribution < 1.29 is 17.9 Å². The highest BCUT2D eigenvalue weighted by atomic mass is 32.2. The Kier molecular flexibility index (Phi) is 5.75. The van der Waals surface area contributed by atoms with E-state index in [4.69, 9.17) is 10.00 Å². The van der Waals surface area contributed by atoms with Gasteiger partial charge < -0.3 is 4.74 Å². The molecule has 0 unspecified atom stereocenters.